The lowest BCUT2D eigenvalue weighted by Gasteiger charge is -2.36. The van der Waals surface area contributed by atoms with Crippen molar-refractivity contribution in [2.45, 2.75) is 24.7 Å². The Hall–Kier alpha value is -2.86. The SMILES string of the molecule is C#CCNS(=O)(=O)c1ccc(C(=O)NCCCCN2CCN(c3cccc(C)c3)CC2)cc1. The van der Waals surface area contributed by atoms with Gasteiger partial charge in [-0.2, -0.15) is 4.72 Å². The molecular weight excluding hydrogens is 436 g/mol. The Labute approximate surface area is 197 Å². The van der Waals surface area contributed by atoms with Gasteiger partial charge >= 0.3 is 0 Å². The van der Waals surface area contributed by atoms with Crippen molar-refractivity contribution in [3.63, 3.8) is 0 Å². The van der Waals surface area contributed by atoms with Crippen molar-refractivity contribution in [2.75, 3.05) is 50.7 Å². The standard InChI is InChI=1S/C25H32N4O3S/c1-3-13-27-33(31,32)24-11-9-22(10-12-24)25(30)26-14-4-5-15-28-16-18-29(19-17-28)23-8-6-7-21(2)20-23/h1,6-12,20,27H,4-5,13-19H2,2H3,(H,26,30). The lowest BCUT2D eigenvalue weighted by atomic mass is 10.2. The van der Waals surface area contributed by atoms with Gasteiger partial charge in [0.2, 0.25) is 10.0 Å². The molecule has 1 aliphatic heterocycles. The second-order valence-electron chi connectivity index (χ2n) is 8.18. The van der Waals surface area contributed by atoms with Gasteiger partial charge < -0.3 is 10.2 Å². The van der Waals surface area contributed by atoms with Gasteiger partial charge in [0, 0.05) is 44.0 Å². The van der Waals surface area contributed by atoms with E-state index in [4.69, 9.17) is 6.42 Å². The molecule has 1 amide bonds. The first kappa shape index (κ1) is 24.8. The molecule has 2 aromatic rings. The number of hydrogen-bond acceptors (Lipinski definition) is 5. The number of rotatable bonds is 10. The second kappa shape index (κ2) is 11.8. The average Bonchev–Trinajstić information content (AvgIpc) is 2.83. The van der Waals surface area contributed by atoms with Gasteiger partial charge in [0.05, 0.1) is 11.4 Å². The zero-order valence-corrected chi connectivity index (χ0v) is 19.9. The third-order valence-electron chi connectivity index (χ3n) is 5.72. The van der Waals surface area contributed by atoms with Crippen LogP contribution in [-0.4, -0.2) is 65.0 Å². The van der Waals surface area contributed by atoms with Gasteiger partial charge in [-0.1, -0.05) is 18.1 Å². The summed E-state index contributed by atoms with van der Waals surface area (Å²) >= 11 is 0. The monoisotopic (exact) mass is 468 g/mol. The van der Waals surface area contributed by atoms with Crippen LogP contribution in [0.2, 0.25) is 0 Å². The summed E-state index contributed by atoms with van der Waals surface area (Å²) in [5.74, 6) is 2.02. The Bertz CT molecular complexity index is 1070. The van der Waals surface area contributed by atoms with Crippen molar-refractivity contribution >= 4 is 21.6 Å². The third-order valence-corrected chi connectivity index (χ3v) is 7.13. The molecule has 0 saturated carbocycles. The number of benzene rings is 2. The van der Waals surface area contributed by atoms with Gasteiger partial charge in [-0.25, -0.2) is 8.42 Å². The number of carbonyl (C=O) groups is 1. The summed E-state index contributed by atoms with van der Waals surface area (Å²) in [5.41, 5.74) is 3.01. The molecule has 2 aromatic carbocycles. The fourth-order valence-corrected chi connectivity index (χ4v) is 4.76. The molecule has 0 aliphatic carbocycles. The van der Waals surface area contributed by atoms with Crippen LogP contribution in [0, 0.1) is 19.3 Å². The van der Waals surface area contributed by atoms with E-state index in [9.17, 15) is 13.2 Å². The molecule has 0 unspecified atom stereocenters. The number of nitrogens with one attached hydrogen (secondary N) is 2. The van der Waals surface area contributed by atoms with Gasteiger partial charge in [0.1, 0.15) is 0 Å². The first-order chi connectivity index (χ1) is 15.9. The second-order valence-corrected chi connectivity index (χ2v) is 9.95. The average molecular weight is 469 g/mol. The fraction of sp³-hybridized carbons (Fsp3) is 0.400. The molecule has 7 nitrogen and oxygen atoms in total. The molecule has 0 atom stereocenters. The van der Waals surface area contributed by atoms with Crippen molar-refractivity contribution in [1.82, 2.24) is 14.9 Å². The normalized spacial score (nSPS) is 14.6. The number of anilines is 1. The van der Waals surface area contributed by atoms with Gasteiger partial charge in [0.25, 0.3) is 5.91 Å². The van der Waals surface area contributed by atoms with Crippen molar-refractivity contribution in [3.8, 4) is 12.3 Å². The Morgan fingerprint density at radius 3 is 2.45 bits per heavy atom. The van der Waals surface area contributed by atoms with Gasteiger partial charge in [0.15, 0.2) is 0 Å². The number of piperazine rings is 1. The van der Waals surface area contributed by atoms with E-state index >= 15 is 0 Å². The van der Waals surface area contributed by atoms with E-state index in [-0.39, 0.29) is 17.3 Å². The zero-order chi connectivity index (χ0) is 23.7. The summed E-state index contributed by atoms with van der Waals surface area (Å²) < 4.78 is 26.4. The summed E-state index contributed by atoms with van der Waals surface area (Å²) in [7, 11) is -3.65. The maximum absolute atomic E-state index is 12.3. The maximum Gasteiger partial charge on any atom is 0.251 e. The molecule has 2 N–H and O–H groups in total. The first-order valence-corrected chi connectivity index (χ1v) is 12.7. The lowest BCUT2D eigenvalue weighted by Crippen LogP contribution is -2.46. The van der Waals surface area contributed by atoms with E-state index in [1.807, 2.05) is 0 Å². The Morgan fingerprint density at radius 2 is 1.79 bits per heavy atom. The number of terminal acetylenes is 1. The number of aryl methyl sites for hydroxylation is 1. The number of carbonyl (C=O) groups excluding carboxylic acids is 1. The topological polar surface area (TPSA) is 81.7 Å². The lowest BCUT2D eigenvalue weighted by molar-refractivity contribution is 0.0952. The molecule has 0 spiro atoms. The van der Waals surface area contributed by atoms with Crippen LogP contribution < -0.4 is 14.9 Å². The van der Waals surface area contributed by atoms with Crippen LogP contribution in [0.3, 0.4) is 0 Å². The predicted octanol–water partition coefficient (Wildman–Crippen LogP) is 2.24. The minimum absolute atomic E-state index is 0.0764. The summed E-state index contributed by atoms with van der Waals surface area (Å²) in [6.07, 6.45) is 7.00. The van der Waals surface area contributed by atoms with E-state index in [2.05, 4.69) is 56.9 Å². The summed E-state index contributed by atoms with van der Waals surface area (Å²) in [6.45, 7) is 7.82. The van der Waals surface area contributed by atoms with Crippen molar-refractivity contribution < 1.29 is 13.2 Å². The molecule has 8 heteroatoms. The molecule has 1 fully saturated rings. The fourth-order valence-electron chi connectivity index (χ4n) is 3.82. The van der Waals surface area contributed by atoms with Crippen LogP contribution in [0.4, 0.5) is 5.69 Å². The number of hydrogen-bond donors (Lipinski definition) is 2. The van der Waals surface area contributed by atoms with Gasteiger partial charge in [-0.15, -0.1) is 6.42 Å². The highest BCUT2D eigenvalue weighted by Crippen LogP contribution is 2.18. The zero-order valence-electron chi connectivity index (χ0n) is 19.1. The van der Waals surface area contributed by atoms with E-state index in [1.165, 1.54) is 35.5 Å². The highest BCUT2D eigenvalue weighted by molar-refractivity contribution is 7.89. The molecule has 33 heavy (non-hydrogen) atoms. The number of amides is 1. The summed E-state index contributed by atoms with van der Waals surface area (Å²) in [6, 6.07) is 14.5. The molecule has 3 rings (SSSR count). The van der Waals surface area contributed by atoms with Crippen molar-refractivity contribution in [3.05, 3.63) is 59.7 Å². The molecule has 176 valence electrons. The Morgan fingerprint density at radius 1 is 1.06 bits per heavy atom. The van der Waals surface area contributed by atoms with Crippen LogP contribution in [0.25, 0.3) is 0 Å². The highest BCUT2D eigenvalue weighted by Gasteiger charge is 2.17. The highest BCUT2D eigenvalue weighted by atomic mass is 32.2. The molecule has 0 aromatic heterocycles. The molecule has 0 bridgehead atoms. The quantitative estimate of drug-likeness (QED) is 0.413. The molecular formula is C25H32N4O3S. The van der Waals surface area contributed by atoms with Crippen molar-refractivity contribution in [2.24, 2.45) is 0 Å². The summed E-state index contributed by atoms with van der Waals surface area (Å²) in [5, 5.41) is 2.91. The van der Waals surface area contributed by atoms with Crippen LogP contribution in [0.1, 0.15) is 28.8 Å². The largest absolute Gasteiger partial charge is 0.369 e. The first-order valence-electron chi connectivity index (χ1n) is 11.2. The minimum atomic E-state index is -3.65. The predicted molar refractivity (Wildman–Crippen MR) is 132 cm³/mol. The molecule has 0 radical (unpaired) electrons. The van der Waals surface area contributed by atoms with Crippen LogP contribution in [-0.2, 0) is 10.0 Å². The van der Waals surface area contributed by atoms with Gasteiger partial charge in [-0.3, -0.25) is 9.69 Å². The third kappa shape index (κ3) is 7.32. The van der Waals surface area contributed by atoms with Crippen molar-refractivity contribution in [1.29, 1.82) is 0 Å². The smallest absolute Gasteiger partial charge is 0.251 e. The number of sulfonamides is 1. The molecule has 1 heterocycles. The van der Waals surface area contributed by atoms with E-state index < -0.39 is 10.0 Å². The summed E-state index contributed by atoms with van der Waals surface area (Å²) in [4.78, 5) is 17.3. The molecule has 1 saturated heterocycles. The van der Waals surface area contributed by atoms with E-state index in [0.717, 1.165) is 45.6 Å². The van der Waals surface area contributed by atoms with Crippen LogP contribution in [0.5, 0.6) is 0 Å². The van der Waals surface area contributed by atoms with E-state index in [1.54, 1.807) is 0 Å². The molecule has 1 aliphatic rings. The Kier molecular flexibility index (Phi) is 8.89. The van der Waals surface area contributed by atoms with Gasteiger partial charge in [-0.05, 0) is 68.3 Å². The Balaban J connectivity index is 1.33. The number of unbranched alkanes of at least 4 members (excludes halogenated alkanes) is 1. The van der Waals surface area contributed by atoms with Crippen LogP contribution in [0.15, 0.2) is 53.4 Å². The van der Waals surface area contributed by atoms with E-state index in [0.29, 0.717) is 12.1 Å². The number of nitrogens with zero attached hydrogens (tertiary/aromatic N) is 2. The van der Waals surface area contributed by atoms with Crippen LogP contribution >= 0.6 is 0 Å². The minimum Gasteiger partial charge on any atom is -0.369 e. The maximum atomic E-state index is 12.3.